The van der Waals surface area contributed by atoms with E-state index in [0.717, 1.165) is 0 Å². The third kappa shape index (κ3) is 3.87. The van der Waals surface area contributed by atoms with E-state index in [4.69, 9.17) is 0 Å². The Balaban J connectivity index is 7.21. The Labute approximate surface area is 181 Å². The molecular weight excluding hydrogens is 613 g/mol. The minimum absolute atomic E-state index is 2.04. The number of alkyl halides is 21. The molecule has 0 bridgehead atoms. The molecule has 4 nitrogen and oxygen atoms in total. The van der Waals surface area contributed by atoms with Crippen LogP contribution in [0.3, 0.4) is 0 Å². The highest BCUT2D eigenvalue weighted by Crippen LogP contribution is 2.66. The molecule has 1 atom stereocenters. The molecule has 0 heterocycles. The van der Waals surface area contributed by atoms with E-state index in [1.54, 1.807) is 0 Å². The average molecular weight is 615 g/mol. The zero-order valence-corrected chi connectivity index (χ0v) is 16.0. The summed E-state index contributed by atoms with van der Waals surface area (Å²) in [6.07, 6.45) is -8.08. The van der Waals surface area contributed by atoms with Crippen LogP contribution in [0.2, 0.25) is 0 Å². The van der Waals surface area contributed by atoms with Crippen LogP contribution in [0.4, 0.5) is 92.2 Å². The summed E-state index contributed by atoms with van der Waals surface area (Å²) in [6.45, 7) is 0. The van der Waals surface area contributed by atoms with Gasteiger partial charge in [-0.1, -0.05) is 0 Å². The first kappa shape index (κ1) is 34.6. The predicted octanol–water partition coefficient (Wildman–Crippen LogP) is 5.87. The molecule has 0 aromatic carbocycles. The summed E-state index contributed by atoms with van der Waals surface area (Å²) >= 11 is 0. The van der Waals surface area contributed by atoms with Crippen LogP contribution < -0.4 is 5.90 Å². The van der Waals surface area contributed by atoms with Crippen LogP contribution in [-0.2, 0) is 23.5 Å². The third-order valence-electron chi connectivity index (χ3n) is 3.92. The van der Waals surface area contributed by atoms with Crippen LogP contribution in [0.5, 0.6) is 0 Å². The van der Waals surface area contributed by atoms with Gasteiger partial charge in [-0.3, -0.25) is 0 Å². The summed E-state index contributed by atoms with van der Waals surface area (Å²) in [4.78, 5) is 0. The van der Waals surface area contributed by atoms with Gasteiger partial charge in [-0.25, -0.2) is 0 Å². The highest BCUT2D eigenvalue weighted by Gasteiger charge is 3.00. The lowest BCUT2D eigenvalue weighted by atomic mass is 9.87. The lowest BCUT2D eigenvalue weighted by molar-refractivity contribution is -0.472. The van der Waals surface area contributed by atoms with Crippen molar-refractivity contribution < 1.29 is 105 Å². The van der Waals surface area contributed by atoms with Crippen molar-refractivity contribution in [1.29, 1.82) is 0 Å². The van der Waals surface area contributed by atoms with E-state index in [9.17, 15) is 101 Å². The average Bonchev–Trinajstić information content (AvgIpc) is 2.65. The molecular formula is C10H2F21NO3S+. The van der Waals surface area contributed by atoms with Gasteiger partial charge in [0.1, 0.15) is 0 Å². The molecule has 0 aromatic heterocycles. The predicted molar refractivity (Wildman–Crippen MR) is 64.6 cm³/mol. The van der Waals surface area contributed by atoms with E-state index < -0.39 is 69.3 Å². The van der Waals surface area contributed by atoms with E-state index in [0.29, 0.717) is 0 Å². The molecule has 217 valence electrons. The molecule has 0 aliphatic carbocycles. The van der Waals surface area contributed by atoms with Gasteiger partial charge >= 0.3 is 69.3 Å². The highest BCUT2D eigenvalue weighted by molar-refractivity contribution is 7.94. The number of rotatable bonds is 10. The van der Waals surface area contributed by atoms with Crippen molar-refractivity contribution in [1.82, 2.24) is 0 Å². The Morgan fingerprint density at radius 3 is 0.806 bits per heavy atom. The second-order valence-corrected chi connectivity index (χ2v) is 7.77. The first-order chi connectivity index (χ1) is 15.1. The van der Waals surface area contributed by atoms with Crippen molar-refractivity contribution in [3.8, 4) is 0 Å². The monoisotopic (exact) mass is 615 g/mol. The van der Waals surface area contributed by atoms with E-state index in [2.05, 4.69) is 5.90 Å². The van der Waals surface area contributed by atoms with Gasteiger partial charge in [0.15, 0.2) is 0 Å². The molecule has 0 aliphatic heterocycles. The standard InChI is InChI=1S/C10H2F21NO3S/c11-1(12,3(15,16)5(19,20)7(23,24)9(27,28)29)2(13,14)4(17,18)6(21,22)8(25,26)10(30,31)36(33,34)35-32/h32H2/q+1. The topological polar surface area (TPSA) is 72.2 Å². The van der Waals surface area contributed by atoms with Gasteiger partial charge in [0.05, 0.1) is 4.55 Å². The molecule has 0 spiro atoms. The van der Waals surface area contributed by atoms with Crippen molar-refractivity contribution in [3.63, 3.8) is 0 Å². The fourth-order valence-corrected chi connectivity index (χ4v) is 2.32. The fourth-order valence-electron chi connectivity index (χ4n) is 1.76. The molecule has 1 unspecified atom stereocenters. The maximum atomic E-state index is 13.4. The Kier molecular flexibility index (Phi) is 7.95. The van der Waals surface area contributed by atoms with Crippen molar-refractivity contribution in [2.75, 3.05) is 0 Å². The third-order valence-corrected chi connectivity index (χ3v) is 5.06. The Morgan fingerprint density at radius 1 is 0.417 bits per heavy atom. The molecule has 0 amide bonds. The number of hydrogen-bond donors (Lipinski definition) is 1. The molecule has 0 rings (SSSR count). The van der Waals surface area contributed by atoms with E-state index >= 15 is 0 Å². The second kappa shape index (κ2) is 8.28. The van der Waals surface area contributed by atoms with Crippen LogP contribution in [0, 0.1) is 0 Å². The van der Waals surface area contributed by atoms with Crippen molar-refractivity contribution in [2.24, 2.45) is 5.90 Å². The Morgan fingerprint density at radius 2 is 0.611 bits per heavy atom. The molecule has 0 saturated heterocycles. The number of nitrogens with two attached hydrogens (primary N) is 1. The lowest BCUT2D eigenvalue weighted by Gasteiger charge is -2.43. The fraction of sp³-hybridized carbons (Fsp3) is 1.00. The van der Waals surface area contributed by atoms with Crippen LogP contribution >= 0.6 is 0 Å². The summed E-state index contributed by atoms with van der Waals surface area (Å²) in [7, 11) is -7.81. The molecule has 26 heteroatoms. The summed E-state index contributed by atoms with van der Waals surface area (Å²) < 4.78 is 296. The van der Waals surface area contributed by atoms with Gasteiger partial charge in [0, 0.05) is 0 Å². The maximum absolute atomic E-state index is 13.4. The summed E-state index contributed by atoms with van der Waals surface area (Å²) in [5, 5.41) is -7.96. The van der Waals surface area contributed by atoms with Gasteiger partial charge in [-0.15, -0.1) is 8.78 Å². The smallest absolute Gasteiger partial charge is 0.192 e. The zero-order valence-electron chi connectivity index (χ0n) is 15.1. The van der Waals surface area contributed by atoms with Crippen LogP contribution in [0.1, 0.15) is 0 Å². The van der Waals surface area contributed by atoms with Crippen molar-refractivity contribution in [2.45, 2.75) is 58.8 Å². The summed E-state index contributed by atoms with van der Waals surface area (Å²) in [5.41, 5.74) is 0. The van der Waals surface area contributed by atoms with E-state index in [1.807, 2.05) is 4.28 Å². The van der Waals surface area contributed by atoms with Crippen molar-refractivity contribution >= 4 is 10.5 Å². The lowest BCUT2D eigenvalue weighted by Crippen LogP contribution is -2.77. The Bertz CT molecular complexity index is 878. The minimum atomic E-state index is -9.37. The van der Waals surface area contributed by atoms with Gasteiger partial charge in [0.2, 0.25) is 0 Å². The SMILES string of the molecule is NO[S+]([O])(=O)C(F)(F)C(F)(F)C(F)(F)C(F)(F)C(F)(F)C(F)(F)C(F)(F)C(F)(F)C(F)(F)C(F)(F)F. The highest BCUT2D eigenvalue weighted by atomic mass is 32.3. The largest absolute Gasteiger partial charge is 0.550 e. The van der Waals surface area contributed by atoms with E-state index in [-0.39, 0.29) is 0 Å². The number of halogens is 21. The van der Waals surface area contributed by atoms with Crippen LogP contribution in [-0.4, -0.2) is 58.8 Å². The second-order valence-electron chi connectivity index (χ2n) is 6.16. The van der Waals surface area contributed by atoms with Crippen LogP contribution in [0.25, 0.3) is 0 Å². The number of hydrogen-bond acceptors (Lipinski definition) is 3. The van der Waals surface area contributed by atoms with Crippen LogP contribution in [0.15, 0.2) is 0 Å². The summed E-state index contributed by atoms with van der Waals surface area (Å²) in [6, 6.07) is 0. The molecule has 0 aromatic rings. The maximum Gasteiger partial charge on any atom is 0.550 e. The quantitative estimate of drug-likeness (QED) is 0.190. The van der Waals surface area contributed by atoms with Gasteiger partial charge in [-0.05, 0) is 8.49 Å². The molecule has 1 radical (unpaired) electrons. The zero-order chi connectivity index (χ0) is 30.2. The molecule has 2 N–H and O–H groups in total. The van der Waals surface area contributed by atoms with Gasteiger partial charge < -0.3 is 0 Å². The first-order valence-corrected chi connectivity index (χ1v) is 8.57. The molecule has 0 saturated carbocycles. The Hall–Kier alpha value is -1.44. The van der Waals surface area contributed by atoms with Gasteiger partial charge in [0.25, 0.3) is 0 Å². The minimum Gasteiger partial charge on any atom is -0.192 e. The molecule has 0 aliphatic rings. The van der Waals surface area contributed by atoms with Crippen molar-refractivity contribution in [3.05, 3.63) is 0 Å². The molecule has 36 heavy (non-hydrogen) atoms. The normalized spacial score (nSPS) is 18.3. The first-order valence-electron chi connectivity index (χ1n) is 7.16. The van der Waals surface area contributed by atoms with E-state index in [1.165, 1.54) is 0 Å². The molecule has 0 fully saturated rings. The summed E-state index contributed by atoms with van der Waals surface area (Å²) in [5.74, 6) is -69.0. The van der Waals surface area contributed by atoms with Gasteiger partial charge in [-0.2, -0.15) is 89.3 Å².